The van der Waals surface area contributed by atoms with Crippen LogP contribution in [0.5, 0.6) is 0 Å². The minimum absolute atomic E-state index is 0.167. The molecule has 0 aliphatic heterocycles. The monoisotopic (exact) mass is 276 g/mol. The van der Waals surface area contributed by atoms with Crippen LogP contribution in [0.4, 0.5) is 5.69 Å². The molecule has 1 N–H and O–H groups in total. The van der Waals surface area contributed by atoms with E-state index in [0.717, 1.165) is 19.0 Å². The van der Waals surface area contributed by atoms with Crippen LogP contribution in [-0.4, -0.2) is 19.1 Å². The van der Waals surface area contributed by atoms with Crippen molar-refractivity contribution in [3.05, 3.63) is 29.3 Å². The molecule has 1 unspecified atom stereocenters. The quantitative estimate of drug-likeness (QED) is 0.830. The SMILES string of the molecule is CCC(C)CN(C)c1ccc(CNC(C)(C)C)cc1C. The van der Waals surface area contributed by atoms with Crippen molar-refractivity contribution in [1.29, 1.82) is 0 Å². The Balaban J connectivity index is 2.72. The second-order valence-corrected chi connectivity index (χ2v) is 7.12. The van der Waals surface area contributed by atoms with Crippen molar-refractivity contribution in [3.63, 3.8) is 0 Å². The summed E-state index contributed by atoms with van der Waals surface area (Å²) in [4.78, 5) is 2.38. The molecule has 0 heterocycles. The fourth-order valence-electron chi connectivity index (χ4n) is 2.32. The summed E-state index contributed by atoms with van der Waals surface area (Å²) in [5.41, 5.74) is 4.24. The van der Waals surface area contributed by atoms with E-state index in [9.17, 15) is 0 Å². The Morgan fingerprint density at radius 1 is 1.25 bits per heavy atom. The lowest BCUT2D eigenvalue weighted by Gasteiger charge is -2.25. The fraction of sp³-hybridized carbons (Fsp3) is 0.667. The van der Waals surface area contributed by atoms with Gasteiger partial charge in [-0.3, -0.25) is 0 Å². The summed E-state index contributed by atoms with van der Waals surface area (Å²) in [5.74, 6) is 0.738. The molecule has 114 valence electrons. The number of benzene rings is 1. The average molecular weight is 276 g/mol. The van der Waals surface area contributed by atoms with Crippen molar-refractivity contribution in [3.8, 4) is 0 Å². The highest BCUT2D eigenvalue weighted by atomic mass is 15.1. The number of anilines is 1. The molecule has 0 saturated carbocycles. The van der Waals surface area contributed by atoms with Gasteiger partial charge in [-0.25, -0.2) is 0 Å². The predicted molar refractivity (Wildman–Crippen MR) is 90.5 cm³/mol. The largest absolute Gasteiger partial charge is 0.374 e. The van der Waals surface area contributed by atoms with Gasteiger partial charge in [-0.15, -0.1) is 0 Å². The molecule has 0 radical (unpaired) electrons. The van der Waals surface area contributed by atoms with Crippen molar-refractivity contribution in [2.45, 2.75) is 60.0 Å². The summed E-state index contributed by atoms with van der Waals surface area (Å²) < 4.78 is 0. The summed E-state index contributed by atoms with van der Waals surface area (Å²) in [6, 6.07) is 6.81. The third-order valence-electron chi connectivity index (χ3n) is 3.78. The fourth-order valence-corrected chi connectivity index (χ4v) is 2.32. The van der Waals surface area contributed by atoms with E-state index in [-0.39, 0.29) is 5.54 Å². The third-order valence-corrected chi connectivity index (χ3v) is 3.78. The molecule has 0 fully saturated rings. The average Bonchev–Trinajstić information content (AvgIpc) is 2.35. The second kappa shape index (κ2) is 7.12. The zero-order valence-electron chi connectivity index (χ0n) is 14.4. The van der Waals surface area contributed by atoms with E-state index in [0.29, 0.717) is 0 Å². The van der Waals surface area contributed by atoms with E-state index in [1.165, 1.54) is 23.2 Å². The first-order chi connectivity index (χ1) is 9.23. The molecule has 1 atom stereocenters. The Bertz CT molecular complexity index is 418. The highest BCUT2D eigenvalue weighted by molar-refractivity contribution is 5.54. The second-order valence-electron chi connectivity index (χ2n) is 7.12. The van der Waals surface area contributed by atoms with E-state index in [2.05, 4.69) is 77.0 Å². The Labute approximate surface area is 125 Å². The van der Waals surface area contributed by atoms with Gasteiger partial charge in [0.15, 0.2) is 0 Å². The van der Waals surface area contributed by atoms with E-state index < -0.39 is 0 Å². The summed E-state index contributed by atoms with van der Waals surface area (Å²) >= 11 is 0. The number of aryl methyl sites for hydroxylation is 1. The molecular formula is C18H32N2. The van der Waals surface area contributed by atoms with E-state index >= 15 is 0 Å². The molecule has 2 nitrogen and oxygen atoms in total. The number of nitrogens with zero attached hydrogens (tertiary/aromatic N) is 1. The van der Waals surface area contributed by atoms with Crippen LogP contribution in [0.25, 0.3) is 0 Å². The standard InChI is InChI=1S/C18H32N2/c1-8-14(2)13-20(7)17-10-9-16(11-15(17)3)12-19-18(4,5)6/h9-11,14,19H,8,12-13H2,1-7H3. The number of hydrogen-bond donors (Lipinski definition) is 1. The minimum Gasteiger partial charge on any atom is -0.374 e. The van der Waals surface area contributed by atoms with Gasteiger partial charge in [0, 0.05) is 31.4 Å². The predicted octanol–water partition coefficient (Wildman–Crippen LogP) is 4.37. The molecule has 0 saturated heterocycles. The smallest absolute Gasteiger partial charge is 0.0393 e. The lowest BCUT2D eigenvalue weighted by molar-refractivity contribution is 0.424. The first kappa shape index (κ1) is 17.0. The molecule has 0 aliphatic carbocycles. The van der Waals surface area contributed by atoms with E-state index in [1.54, 1.807) is 0 Å². The Kier molecular flexibility index (Phi) is 6.07. The topological polar surface area (TPSA) is 15.3 Å². The van der Waals surface area contributed by atoms with Crippen molar-refractivity contribution in [2.75, 3.05) is 18.5 Å². The lowest BCUT2D eigenvalue weighted by Crippen LogP contribution is -2.35. The molecule has 1 rings (SSSR count). The van der Waals surface area contributed by atoms with Gasteiger partial charge in [-0.2, -0.15) is 0 Å². The van der Waals surface area contributed by atoms with Crippen LogP contribution in [0.1, 0.15) is 52.2 Å². The summed E-state index contributed by atoms with van der Waals surface area (Å²) in [6.45, 7) is 15.4. The van der Waals surface area contributed by atoms with E-state index in [4.69, 9.17) is 0 Å². The Morgan fingerprint density at radius 3 is 2.40 bits per heavy atom. The van der Waals surface area contributed by atoms with Gasteiger partial charge in [0.1, 0.15) is 0 Å². The Morgan fingerprint density at radius 2 is 1.90 bits per heavy atom. The van der Waals surface area contributed by atoms with Crippen LogP contribution < -0.4 is 10.2 Å². The van der Waals surface area contributed by atoms with Crippen LogP contribution in [-0.2, 0) is 6.54 Å². The van der Waals surface area contributed by atoms with Gasteiger partial charge in [0.05, 0.1) is 0 Å². The number of nitrogens with one attached hydrogen (secondary N) is 1. The van der Waals surface area contributed by atoms with Crippen molar-refractivity contribution in [1.82, 2.24) is 5.32 Å². The van der Waals surface area contributed by atoms with Crippen LogP contribution in [0.2, 0.25) is 0 Å². The number of rotatable bonds is 6. The summed E-state index contributed by atoms with van der Waals surface area (Å²) in [6.07, 6.45) is 1.23. The molecule has 0 aliphatic rings. The van der Waals surface area contributed by atoms with Crippen LogP contribution >= 0.6 is 0 Å². The summed E-state index contributed by atoms with van der Waals surface area (Å²) in [7, 11) is 2.20. The van der Waals surface area contributed by atoms with Gasteiger partial charge < -0.3 is 10.2 Å². The first-order valence-corrected chi connectivity index (χ1v) is 7.78. The highest BCUT2D eigenvalue weighted by Gasteiger charge is 2.11. The van der Waals surface area contributed by atoms with Gasteiger partial charge >= 0.3 is 0 Å². The molecule has 0 bridgehead atoms. The van der Waals surface area contributed by atoms with Crippen LogP contribution in [0.15, 0.2) is 18.2 Å². The molecule has 0 spiro atoms. The molecule has 1 aromatic carbocycles. The van der Waals surface area contributed by atoms with E-state index in [1.807, 2.05) is 0 Å². The molecule has 0 aromatic heterocycles. The highest BCUT2D eigenvalue weighted by Crippen LogP contribution is 2.22. The van der Waals surface area contributed by atoms with Gasteiger partial charge in [0.25, 0.3) is 0 Å². The Hall–Kier alpha value is -1.02. The maximum atomic E-state index is 3.54. The molecule has 2 heteroatoms. The van der Waals surface area contributed by atoms with Crippen molar-refractivity contribution in [2.24, 2.45) is 5.92 Å². The first-order valence-electron chi connectivity index (χ1n) is 7.78. The molecular weight excluding hydrogens is 244 g/mol. The zero-order valence-corrected chi connectivity index (χ0v) is 14.4. The van der Waals surface area contributed by atoms with Gasteiger partial charge in [0.2, 0.25) is 0 Å². The van der Waals surface area contributed by atoms with Crippen molar-refractivity contribution >= 4 is 5.69 Å². The maximum Gasteiger partial charge on any atom is 0.0393 e. The molecule has 20 heavy (non-hydrogen) atoms. The summed E-state index contributed by atoms with van der Waals surface area (Å²) in [5, 5.41) is 3.54. The maximum absolute atomic E-state index is 3.54. The number of hydrogen-bond acceptors (Lipinski definition) is 2. The minimum atomic E-state index is 0.167. The molecule has 1 aromatic rings. The van der Waals surface area contributed by atoms with Crippen LogP contribution in [0.3, 0.4) is 0 Å². The lowest BCUT2D eigenvalue weighted by atomic mass is 10.0. The van der Waals surface area contributed by atoms with Gasteiger partial charge in [-0.1, -0.05) is 32.4 Å². The normalized spacial score (nSPS) is 13.3. The van der Waals surface area contributed by atoms with Gasteiger partial charge in [-0.05, 0) is 50.8 Å². The zero-order chi connectivity index (χ0) is 15.3. The van der Waals surface area contributed by atoms with Crippen LogP contribution in [0, 0.1) is 12.8 Å². The third kappa shape index (κ3) is 5.54. The molecule has 0 amide bonds. The van der Waals surface area contributed by atoms with Crippen molar-refractivity contribution < 1.29 is 0 Å².